The Balaban J connectivity index is 2.70. The molecule has 0 radical (unpaired) electrons. The molecule has 0 unspecified atom stereocenters. The van der Waals surface area contributed by atoms with Crippen LogP contribution >= 0.6 is 0 Å². The minimum Gasteiger partial charge on any atom is -0.480 e. The third kappa shape index (κ3) is 3.66. The van der Waals surface area contributed by atoms with Crippen molar-refractivity contribution in [1.82, 2.24) is 9.88 Å². The molecule has 0 aliphatic rings. The van der Waals surface area contributed by atoms with E-state index in [2.05, 4.69) is 4.98 Å². The van der Waals surface area contributed by atoms with Crippen LogP contribution in [0.4, 0.5) is 0 Å². The second-order valence-electron chi connectivity index (χ2n) is 3.17. The zero-order chi connectivity index (χ0) is 12.0. The lowest BCUT2D eigenvalue weighted by atomic mass is 10.3. The van der Waals surface area contributed by atoms with Crippen molar-refractivity contribution in [2.75, 3.05) is 13.1 Å². The Labute approximate surface area is 92.7 Å². The fraction of sp³-hybridized carbons (Fsp3) is 0.300. The highest BCUT2D eigenvalue weighted by molar-refractivity contribution is 5.82. The van der Waals surface area contributed by atoms with Crippen LogP contribution in [0, 0.1) is 0 Å². The number of nitrogens with two attached hydrogens (primary N) is 1. The molecule has 1 aromatic rings. The summed E-state index contributed by atoms with van der Waals surface area (Å²) in [6.45, 7) is -0.421. The average Bonchev–Trinajstić information content (AvgIpc) is 2.28. The molecule has 16 heavy (non-hydrogen) atoms. The smallest absolute Gasteiger partial charge is 0.323 e. The van der Waals surface area contributed by atoms with Gasteiger partial charge in [-0.3, -0.25) is 14.6 Å². The number of carboxylic acid groups (broad SMARTS) is 1. The number of pyridine rings is 1. The van der Waals surface area contributed by atoms with E-state index in [1.807, 2.05) is 0 Å². The van der Waals surface area contributed by atoms with Crippen LogP contribution in [-0.2, 0) is 16.1 Å². The summed E-state index contributed by atoms with van der Waals surface area (Å²) < 4.78 is 0. The molecule has 0 bridgehead atoms. The van der Waals surface area contributed by atoms with Gasteiger partial charge in [-0.1, -0.05) is 6.07 Å². The Morgan fingerprint density at radius 1 is 1.44 bits per heavy atom. The first-order chi connectivity index (χ1) is 7.63. The van der Waals surface area contributed by atoms with Gasteiger partial charge in [0, 0.05) is 6.20 Å². The molecule has 1 amide bonds. The lowest BCUT2D eigenvalue weighted by molar-refractivity contribution is -0.144. The molecule has 0 spiro atoms. The second-order valence-corrected chi connectivity index (χ2v) is 3.17. The van der Waals surface area contributed by atoms with Gasteiger partial charge in [-0.25, -0.2) is 0 Å². The van der Waals surface area contributed by atoms with Crippen molar-refractivity contribution in [3.05, 3.63) is 30.1 Å². The number of carboxylic acids is 1. The van der Waals surface area contributed by atoms with Crippen LogP contribution in [0.15, 0.2) is 24.4 Å². The number of nitrogens with zero attached hydrogens (tertiary/aromatic N) is 2. The molecular formula is C10H13N3O3. The van der Waals surface area contributed by atoms with Gasteiger partial charge >= 0.3 is 5.97 Å². The summed E-state index contributed by atoms with van der Waals surface area (Å²) in [5, 5.41) is 8.65. The molecule has 0 aliphatic carbocycles. The SMILES string of the molecule is NCC(=O)N(CC(=O)O)Cc1ccccn1. The van der Waals surface area contributed by atoms with Gasteiger partial charge in [0.25, 0.3) is 0 Å². The van der Waals surface area contributed by atoms with Crippen LogP contribution in [0.5, 0.6) is 0 Å². The molecule has 86 valence electrons. The Hall–Kier alpha value is -1.95. The Morgan fingerprint density at radius 2 is 2.19 bits per heavy atom. The number of aliphatic carboxylic acids is 1. The van der Waals surface area contributed by atoms with Crippen molar-refractivity contribution in [3.8, 4) is 0 Å². The van der Waals surface area contributed by atoms with E-state index >= 15 is 0 Å². The van der Waals surface area contributed by atoms with Gasteiger partial charge in [-0.15, -0.1) is 0 Å². The summed E-state index contributed by atoms with van der Waals surface area (Å²) in [6.07, 6.45) is 1.58. The maximum absolute atomic E-state index is 11.4. The van der Waals surface area contributed by atoms with Crippen molar-refractivity contribution in [2.24, 2.45) is 5.73 Å². The number of carbonyl (C=O) groups excluding carboxylic acids is 1. The van der Waals surface area contributed by atoms with Gasteiger partial charge in [0.2, 0.25) is 5.91 Å². The molecule has 1 rings (SSSR count). The van der Waals surface area contributed by atoms with Crippen LogP contribution < -0.4 is 5.73 Å². The molecule has 1 heterocycles. The molecule has 6 heteroatoms. The van der Waals surface area contributed by atoms with Crippen LogP contribution in [-0.4, -0.2) is 40.0 Å². The van der Waals surface area contributed by atoms with Crippen molar-refractivity contribution in [2.45, 2.75) is 6.54 Å². The highest BCUT2D eigenvalue weighted by atomic mass is 16.4. The predicted molar refractivity (Wildman–Crippen MR) is 56.3 cm³/mol. The molecule has 6 nitrogen and oxygen atoms in total. The van der Waals surface area contributed by atoms with E-state index in [-0.39, 0.29) is 19.6 Å². The van der Waals surface area contributed by atoms with Crippen molar-refractivity contribution in [3.63, 3.8) is 0 Å². The summed E-state index contributed by atoms with van der Waals surface area (Å²) in [5.74, 6) is -1.48. The van der Waals surface area contributed by atoms with Gasteiger partial charge in [-0.2, -0.15) is 0 Å². The fourth-order valence-electron chi connectivity index (χ4n) is 1.21. The van der Waals surface area contributed by atoms with Crippen LogP contribution in [0.25, 0.3) is 0 Å². The van der Waals surface area contributed by atoms with E-state index in [9.17, 15) is 9.59 Å². The minimum absolute atomic E-state index is 0.156. The minimum atomic E-state index is -1.07. The fourth-order valence-corrected chi connectivity index (χ4v) is 1.21. The van der Waals surface area contributed by atoms with Crippen LogP contribution in [0.1, 0.15) is 5.69 Å². The molecule has 0 saturated carbocycles. The van der Waals surface area contributed by atoms with E-state index in [4.69, 9.17) is 10.8 Å². The first-order valence-corrected chi connectivity index (χ1v) is 4.73. The molecule has 0 aliphatic heterocycles. The van der Waals surface area contributed by atoms with Crippen molar-refractivity contribution >= 4 is 11.9 Å². The maximum Gasteiger partial charge on any atom is 0.323 e. The number of amides is 1. The van der Waals surface area contributed by atoms with Gasteiger partial charge in [0.1, 0.15) is 6.54 Å². The molecule has 0 aromatic carbocycles. The maximum atomic E-state index is 11.4. The third-order valence-electron chi connectivity index (χ3n) is 1.93. The summed E-state index contributed by atoms with van der Waals surface area (Å²) in [4.78, 5) is 27.1. The molecule has 0 fully saturated rings. The van der Waals surface area contributed by atoms with E-state index in [1.54, 1.807) is 24.4 Å². The Morgan fingerprint density at radius 3 is 2.69 bits per heavy atom. The molecule has 3 N–H and O–H groups in total. The Kier molecular flexibility index (Phi) is 4.41. The van der Waals surface area contributed by atoms with Crippen molar-refractivity contribution < 1.29 is 14.7 Å². The average molecular weight is 223 g/mol. The molecule has 1 aromatic heterocycles. The van der Waals surface area contributed by atoms with Gasteiger partial charge in [-0.05, 0) is 12.1 Å². The zero-order valence-corrected chi connectivity index (χ0v) is 8.67. The topological polar surface area (TPSA) is 96.5 Å². The van der Waals surface area contributed by atoms with Crippen molar-refractivity contribution in [1.29, 1.82) is 0 Å². The number of hydrogen-bond donors (Lipinski definition) is 2. The van der Waals surface area contributed by atoms with E-state index in [0.29, 0.717) is 5.69 Å². The normalized spacial score (nSPS) is 9.81. The summed E-state index contributed by atoms with van der Waals surface area (Å²) >= 11 is 0. The Bertz CT molecular complexity index is 367. The predicted octanol–water partition coefficient (Wildman–Crippen LogP) is -0.546. The number of hydrogen-bond acceptors (Lipinski definition) is 4. The van der Waals surface area contributed by atoms with E-state index in [1.165, 1.54) is 0 Å². The first-order valence-electron chi connectivity index (χ1n) is 4.73. The lowest BCUT2D eigenvalue weighted by Gasteiger charge is -2.19. The monoisotopic (exact) mass is 223 g/mol. The summed E-state index contributed by atoms with van der Waals surface area (Å²) in [7, 11) is 0. The number of carbonyl (C=O) groups is 2. The molecule has 0 atom stereocenters. The summed E-state index contributed by atoms with van der Waals surface area (Å²) in [5.41, 5.74) is 5.83. The number of rotatable bonds is 5. The van der Waals surface area contributed by atoms with Crippen LogP contribution in [0.2, 0.25) is 0 Å². The highest BCUT2D eigenvalue weighted by Crippen LogP contribution is 2.01. The van der Waals surface area contributed by atoms with E-state index < -0.39 is 11.9 Å². The van der Waals surface area contributed by atoms with Gasteiger partial charge in [0.05, 0.1) is 18.8 Å². The quantitative estimate of drug-likeness (QED) is 0.698. The van der Waals surface area contributed by atoms with E-state index in [0.717, 1.165) is 4.90 Å². The highest BCUT2D eigenvalue weighted by Gasteiger charge is 2.15. The second kappa shape index (κ2) is 5.82. The largest absolute Gasteiger partial charge is 0.480 e. The lowest BCUT2D eigenvalue weighted by Crippen LogP contribution is -2.39. The first kappa shape index (κ1) is 12.1. The van der Waals surface area contributed by atoms with Gasteiger partial charge in [0.15, 0.2) is 0 Å². The zero-order valence-electron chi connectivity index (χ0n) is 8.67. The standard InChI is InChI=1S/C10H13N3O3/c11-5-9(14)13(7-10(15)16)6-8-3-1-2-4-12-8/h1-4H,5-7,11H2,(H,15,16). The van der Waals surface area contributed by atoms with Crippen LogP contribution in [0.3, 0.4) is 0 Å². The molecule has 0 saturated heterocycles. The third-order valence-corrected chi connectivity index (χ3v) is 1.93. The van der Waals surface area contributed by atoms with Gasteiger partial charge < -0.3 is 15.7 Å². The summed E-state index contributed by atoms with van der Waals surface area (Å²) in [6, 6.07) is 5.24. The number of aromatic nitrogens is 1. The molecular weight excluding hydrogens is 210 g/mol.